The molecule has 0 atom stereocenters. The molecule has 3 nitrogen and oxygen atoms in total. The minimum atomic E-state index is 0.843. The molecule has 0 saturated carbocycles. The van der Waals surface area contributed by atoms with Crippen LogP contribution < -0.4 is 5.32 Å². The molecule has 1 heterocycles. The largest absolute Gasteiger partial charge is 0.370 e. The minimum Gasteiger partial charge on any atom is -0.370 e. The zero-order chi connectivity index (χ0) is 10.8. The zero-order valence-corrected chi connectivity index (χ0v) is 11.3. The van der Waals surface area contributed by atoms with Crippen molar-refractivity contribution in [3.05, 3.63) is 27.4 Å². The summed E-state index contributed by atoms with van der Waals surface area (Å²) >= 11 is 6.94. The summed E-state index contributed by atoms with van der Waals surface area (Å²) in [6.45, 7) is 2.89. The molecule has 2 rings (SSSR count). The molecule has 0 spiro atoms. The van der Waals surface area contributed by atoms with Gasteiger partial charge in [-0.15, -0.1) is 0 Å². The van der Waals surface area contributed by atoms with Crippen molar-refractivity contribution in [1.29, 1.82) is 0 Å². The lowest BCUT2D eigenvalue weighted by molar-refractivity contribution is 1.14. The molecule has 5 heteroatoms. The van der Waals surface area contributed by atoms with Gasteiger partial charge in [-0.05, 0) is 35.0 Å². The Morgan fingerprint density at radius 2 is 2.07 bits per heavy atom. The van der Waals surface area contributed by atoms with Crippen LogP contribution >= 0.6 is 31.9 Å². The summed E-state index contributed by atoms with van der Waals surface area (Å²) in [6.07, 6.45) is 1.57. The molecular formula is C10H9Br2N3. The Labute approximate surface area is 105 Å². The lowest BCUT2D eigenvalue weighted by atomic mass is 10.2. The molecule has 2 aromatic rings. The monoisotopic (exact) mass is 329 g/mol. The van der Waals surface area contributed by atoms with Gasteiger partial charge in [0.25, 0.3) is 0 Å². The van der Waals surface area contributed by atoms with E-state index in [2.05, 4.69) is 47.1 Å². The van der Waals surface area contributed by atoms with E-state index in [1.54, 1.807) is 6.33 Å². The van der Waals surface area contributed by atoms with Crippen molar-refractivity contribution < 1.29 is 0 Å². The van der Waals surface area contributed by atoms with Crippen LogP contribution in [-0.2, 0) is 0 Å². The average Bonchev–Trinajstić information content (AvgIpc) is 2.19. The number of aromatic nitrogens is 2. The molecule has 15 heavy (non-hydrogen) atoms. The third-order valence-corrected chi connectivity index (χ3v) is 3.06. The molecule has 0 radical (unpaired) electrons. The van der Waals surface area contributed by atoms with E-state index in [1.807, 2.05) is 19.1 Å². The van der Waals surface area contributed by atoms with Gasteiger partial charge in [0.15, 0.2) is 0 Å². The van der Waals surface area contributed by atoms with Crippen LogP contribution in [0, 0.1) is 0 Å². The summed E-state index contributed by atoms with van der Waals surface area (Å²) in [4.78, 5) is 8.46. The second kappa shape index (κ2) is 4.45. The molecule has 0 amide bonds. The molecule has 0 saturated heterocycles. The fourth-order valence-electron chi connectivity index (χ4n) is 1.40. The van der Waals surface area contributed by atoms with E-state index >= 15 is 0 Å². The van der Waals surface area contributed by atoms with Crippen LogP contribution in [0.2, 0.25) is 0 Å². The Balaban J connectivity index is 2.73. The lowest BCUT2D eigenvalue weighted by Gasteiger charge is -2.07. The SMILES string of the molecule is CCNc1ncnc2c(Br)cc(Br)cc12. The van der Waals surface area contributed by atoms with Gasteiger partial charge in [0.1, 0.15) is 12.1 Å². The van der Waals surface area contributed by atoms with E-state index in [0.717, 1.165) is 32.2 Å². The maximum atomic E-state index is 4.25. The molecule has 0 unspecified atom stereocenters. The fourth-order valence-corrected chi connectivity index (χ4v) is 2.73. The molecule has 1 aromatic carbocycles. The first kappa shape index (κ1) is 10.8. The van der Waals surface area contributed by atoms with E-state index in [0.29, 0.717) is 0 Å². The molecule has 0 aliphatic rings. The van der Waals surface area contributed by atoms with E-state index in [1.165, 1.54) is 0 Å². The predicted molar refractivity (Wildman–Crippen MR) is 69.1 cm³/mol. The summed E-state index contributed by atoms with van der Waals surface area (Å²) in [7, 11) is 0. The minimum absolute atomic E-state index is 0.843. The molecular weight excluding hydrogens is 322 g/mol. The standard InChI is InChI=1S/C10H9Br2N3/c1-2-13-10-7-3-6(11)4-8(12)9(7)14-5-15-10/h3-5H,2H2,1H3,(H,13,14,15). The van der Waals surface area contributed by atoms with Gasteiger partial charge in [-0.3, -0.25) is 0 Å². The molecule has 0 fully saturated rings. The van der Waals surface area contributed by atoms with Crippen LogP contribution in [0.25, 0.3) is 10.9 Å². The number of hydrogen-bond donors (Lipinski definition) is 1. The van der Waals surface area contributed by atoms with Gasteiger partial charge >= 0.3 is 0 Å². The van der Waals surface area contributed by atoms with Crippen molar-refractivity contribution in [3.8, 4) is 0 Å². The Bertz CT molecular complexity index is 499. The van der Waals surface area contributed by atoms with Gasteiger partial charge in [0.05, 0.1) is 5.52 Å². The van der Waals surface area contributed by atoms with Gasteiger partial charge in [-0.2, -0.15) is 0 Å². The van der Waals surface area contributed by atoms with E-state index in [4.69, 9.17) is 0 Å². The summed E-state index contributed by atoms with van der Waals surface area (Å²) in [5, 5.41) is 4.23. The third kappa shape index (κ3) is 2.13. The van der Waals surface area contributed by atoms with Crippen LogP contribution in [0.5, 0.6) is 0 Å². The number of hydrogen-bond acceptors (Lipinski definition) is 3. The number of anilines is 1. The maximum absolute atomic E-state index is 4.25. The Morgan fingerprint density at radius 3 is 2.80 bits per heavy atom. The molecule has 1 N–H and O–H groups in total. The van der Waals surface area contributed by atoms with Crippen LogP contribution in [0.4, 0.5) is 5.82 Å². The number of rotatable bonds is 2. The number of fused-ring (bicyclic) bond motifs is 1. The molecule has 0 aliphatic heterocycles. The average molecular weight is 331 g/mol. The summed E-state index contributed by atoms with van der Waals surface area (Å²) < 4.78 is 1.98. The van der Waals surface area contributed by atoms with Crippen LogP contribution in [0.15, 0.2) is 27.4 Å². The highest BCUT2D eigenvalue weighted by Crippen LogP contribution is 2.29. The van der Waals surface area contributed by atoms with Crippen molar-refractivity contribution in [3.63, 3.8) is 0 Å². The van der Waals surface area contributed by atoms with E-state index in [-0.39, 0.29) is 0 Å². The lowest BCUT2D eigenvalue weighted by Crippen LogP contribution is -2.00. The first-order valence-corrected chi connectivity index (χ1v) is 6.14. The Morgan fingerprint density at radius 1 is 1.27 bits per heavy atom. The highest BCUT2D eigenvalue weighted by Gasteiger charge is 2.06. The molecule has 0 bridgehead atoms. The quantitative estimate of drug-likeness (QED) is 0.914. The highest BCUT2D eigenvalue weighted by atomic mass is 79.9. The van der Waals surface area contributed by atoms with Gasteiger partial charge in [0.2, 0.25) is 0 Å². The van der Waals surface area contributed by atoms with Gasteiger partial charge in [-0.25, -0.2) is 9.97 Å². The van der Waals surface area contributed by atoms with Crippen LogP contribution in [-0.4, -0.2) is 16.5 Å². The first-order chi connectivity index (χ1) is 7.22. The Kier molecular flexibility index (Phi) is 3.21. The maximum Gasteiger partial charge on any atom is 0.137 e. The fraction of sp³-hybridized carbons (Fsp3) is 0.200. The molecule has 1 aromatic heterocycles. The second-order valence-corrected chi connectivity index (χ2v) is 4.81. The summed E-state index contributed by atoms with van der Waals surface area (Å²) in [5.41, 5.74) is 0.921. The van der Waals surface area contributed by atoms with Crippen molar-refractivity contribution in [2.75, 3.05) is 11.9 Å². The number of nitrogens with one attached hydrogen (secondary N) is 1. The normalized spacial score (nSPS) is 10.6. The summed E-state index contributed by atoms with van der Waals surface area (Å²) in [6, 6.07) is 3.99. The van der Waals surface area contributed by atoms with Crippen LogP contribution in [0.1, 0.15) is 6.92 Å². The first-order valence-electron chi connectivity index (χ1n) is 4.56. The number of nitrogens with zero attached hydrogens (tertiary/aromatic N) is 2. The van der Waals surface area contributed by atoms with Crippen molar-refractivity contribution in [2.24, 2.45) is 0 Å². The van der Waals surface area contributed by atoms with Gasteiger partial charge in [-0.1, -0.05) is 15.9 Å². The summed E-state index contributed by atoms with van der Waals surface area (Å²) in [5.74, 6) is 0.865. The molecule has 0 aliphatic carbocycles. The predicted octanol–water partition coefficient (Wildman–Crippen LogP) is 3.59. The third-order valence-electron chi connectivity index (χ3n) is 2.00. The number of benzene rings is 1. The topological polar surface area (TPSA) is 37.8 Å². The Hall–Kier alpha value is -0.680. The van der Waals surface area contributed by atoms with E-state index in [9.17, 15) is 0 Å². The second-order valence-electron chi connectivity index (χ2n) is 3.04. The van der Waals surface area contributed by atoms with E-state index < -0.39 is 0 Å². The van der Waals surface area contributed by atoms with Crippen molar-refractivity contribution >= 4 is 48.6 Å². The van der Waals surface area contributed by atoms with Crippen molar-refractivity contribution in [1.82, 2.24) is 9.97 Å². The van der Waals surface area contributed by atoms with Gasteiger partial charge in [0, 0.05) is 20.9 Å². The zero-order valence-electron chi connectivity index (χ0n) is 8.09. The van der Waals surface area contributed by atoms with Crippen molar-refractivity contribution in [2.45, 2.75) is 6.92 Å². The highest BCUT2D eigenvalue weighted by molar-refractivity contribution is 9.11. The number of halogens is 2. The molecule has 78 valence electrons. The van der Waals surface area contributed by atoms with Crippen LogP contribution in [0.3, 0.4) is 0 Å². The smallest absolute Gasteiger partial charge is 0.137 e. The van der Waals surface area contributed by atoms with Gasteiger partial charge < -0.3 is 5.32 Å².